The maximum Gasteiger partial charge on any atom is 0.283 e. The molecule has 136 valence electrons. The van der Waals surface area contributed by atoms with Crippen molar-refractivity contribution >= 4 is 29.0 Å². The maximum atomic E-state index is 12.3. The molecule has 0 radical (unpaired) electrons. The van der Waals surface area contributed by atoms with Crippen LogP contribution in [0.3, 0.4) is 0 Å². The van der Waals surface area contributed by atoms with Crippen molar-refractivity contribution in [1.82, 2.24) is 20.1 Å². The number of nitrogens with one attached hydrogen (secondary N) is 2. The molecule has 1 atom stereocenters. The van der Waals surface area contributed by atoms with Gasteiger partial charge >= 0.3 is 0 Å². The van der Waals surface area contributed by atoms with Gasteiger partial charge in [-0.15, -0.1) is 10.2 Å². The summed E-state index contributed by atoms with van der Waals surface area (Å²) in [6.45, 7) is 0. The van der Waals surface area contributed by atoms with Crippen LogP contribution in [0, 0.1) is 10.1 Å². The van der Waals surface area contributed by atoms with Crippen molar-refractivity contribution in [2.24, 2.45) is 7.05 Å². The van der Waals surface area contributed by atoms with Crippen LogP contribution in [0.4, 0.5) is 11.4 Å². The van der Waals surface area contributed by atoms with Crippen LogP contribution in [0.15, 0.2) is 58.8 Å². The Morgan fingerprint density at radius 1 is 1.22 bits per heavy atom. The summed E-state index contributed by atoms with van der Waals surface area (Å²) in [5.74, 6) is -0.227. The first-order valence-corrected chi connectivity index (χ1v) is 8.81. The molecule has 0 spiro atoms. The van der Waals surface area contributed by atoms with Crippen LogP contribution >= 0.6 is 11.8 Å². The molecule has 1 aliphatic heterocycles. The summed E-state index contributed by atoms with van der Waals surface area (Å²) in [5.41, 5.74) is 1.76. The fourth-order valence-corrected chi connectivity index (χ4v) is 3.63. The molecule has 0 aliphatic carbocycles. The highest BCUT2D eigenvalue weighted by molar-refractivity contribution is 7.99. The second-order valence-corrected chi connectivity index (χ2v) is 6.92. The van der Waals surface area contributed by atoms with Crippen LogP contribution in [-0.4, -0.2) is 25.6 Å². The van der Waals surface area contributed by atoms with Gasteiger partial charge in [-0.25, -0.2) is 0 Å². The van der Waals surface area contributed by atoms with Crippen LogP contribution in [0.1, 0.15) is 22.1 Å². The lowest BCUT2D eigenvalue weighted by molar-refractivity contribution is -0.387. The van der Waals surface area contributed by atoms with E-state index in [1.165, 1.54) is 12.4 Å². The summed E-state index contributed by atoms with van der Waals surface area (Å²) in [6, 6.07) is 12.0. The van der Waals surface area contributed by atoms with Gasteiger partial charge in [0.1, 0.15) is 12.5 Å². The molecule has 1 amide bonds. The number of carbonyl (C=O) groups excluding carboxylic acids is 1. The van der Waals surface area contributed by atoms with E-state index in [0.29, 0.717) is 26.9 Å². The Labute approximate surface area is 157 Å². The van der Waals surface area contributed by atoms with Crippen molar-refractivity contribution in [3.63, 3.8) is 0 Å². The van der Waals surface area contributed by atoms with Crippen LogP contribution in [-0.2, 0) is 7.05 Å². The number of rotatable bonds is 4. The van der Waals surface area contributed by atoms with Gasteiger partial charge in [-0.1, -0.05) is 18.2 Å². The minimum absolute atomic E-state index is 0.0598. The van der Waals surface area contributed by atoms with Gasteiger partial charge in [0.25, 0.3) is 11.6 Å². The third-order valence-electron chi connectivity index (χ3n) is 4.13. The number of hydrogen-bond acceptors (Lipinski definition) is 7. The van der Waals surface area contributed by atoms with Gasteiger partial charge in [0.2, 0.25) is 0 Å². The molecule has 0 bridgehead atoms. The summed E-state index contributed by atoms with van der Waals surface area (Å²) in [6.07, 6.45) is 0.974. The number of para-hydroxylation sites is 1. The van der Waals surface area contributed by atoms with Gasteiger partial charge in [-0.2, -0.15) is 0 Å². The van der Waals surface area contributed by atoms with Gasteiger partial charge in [0.15, 0.2) is 5.16 Å². The minimum Gasteiger partial charge on any atom is -0.361 e. The summed E-state index contributed by atoms with van der Waals surface area (Å²) < 4.78 is 1.68. The zero-order valence-electron chi connectivity index (χ0n) is 14.1. The Bertz CT molecular complexity index is 1050. The fourth-order valence-electron chi connectivity index (χ4n) is 2.78. The van der Waals surface area contributed by atoms with Crippen molar-refractivity contribution in [3.8, 4) is 0 Å². The average Bonchev–Trinajstić information content (AvgIpc) is 3.06. The van der Waals surface area contributed by atoms with E-state index in [-0.39, 0.29) is 11.6 Å². The molecule has 10 heteroatoms. The molecule has 0 saturated carbocycles. The largest absolute Gasteiger partial charge is 0.361 e. The standard InChI is InChI=1S/C17H14N6O3S/c1-22-9-18-21-17(22)27-14-7-6-10(8-13(14)23(25)26)15-19-12-5-3-2-4-11(12)16(24)20-15/h2-9,15,19H,1H3,(H,20,24). The van der Waals surface area contributed by atoms with Crippen molar-refractivity contribution in [3.05, 3.63) is 70.0 Å². The second-order valence-electron chi connectivity index (χ2n) is 5.91. The first kappa shape index (κ1) is 17.0. The SMILES string of the molecule is Cn1cnnc1Sc1ccc(C2NC(=O)c3ccccc3N2)cc1[N+](=O)[O-]. The van der Waals surface area contributed by atoms with Crippen molar-refractivity contribution in [2.45, 2.75) is 16.2 Å². The second kappa shape index (κ2) is 6.72. The smallest absolute Gasteiger partial charge is 0.283 e. The van der Waals surface area contributed by atoms with Gasteiger partial charge in [-0.05, 0) is 30.0 Å². The molecule has 0 saturated heterocycles. The lowest BCUT2D eigenvalue weighted by Crippen LogP contribution is -2.38. The van der Waals surface area contributed by atoms with Crippen LogP contribution < -0.4 is 10.6 Å². The fraction of sp³-hybridized carbons (Fsp3) is 0.118. The van der Waals surface area contributed by atoms with Gasteiger partial charge in [0, 0.05) is 24.4 Å². The molecule has 27 heavy (non-hydrogen) atoms. The minimum atomic E-state index is -0.556. The molecule has 1 aliphatic rings. The number of hydrogen-bond donors (Lipinski definition) is 2. The van der Waals surface area contributed by atoms with Crippen LogP contribution in [0.5, 0.6) is 0 Å². The topological polar surface area (TPSA) is 115 Å². The molecule has 1 aromatic heterocycles. The van der Waals surface area contributed by atoms with Gasteiger partial charge in [-0.3, -0.25) is 14.9 Å². The number of aromatic nitrogens is 3. The van der Waals surface area contributed by atoms with E-state index in [0.717, 1.165) is 11.8 Å². The molecule has 9 nitrogen and oxygen atoms in total. The Hall–Kier alpha value is -3.40. The molecule has 1 unspecified atom stereocenters. The molecule has 2 N–H and O–H groups in total. The Morgan fingerprint density at radius 2 is 2.04 bits per heavy atom. The number of aryl methyl sites for hydroxylation is 1. The predicted molar refractivity (Wildman–Crippen MR) is 98.5 cm³/mol. The molecule has 4 rings (SSSR count). The lowest BCUT2D eigenvalue weighted by Gasteiger charge is -2.28. The highest BCUT2D eigenvalue weighted by Gasteiger charge is 2.26. The number of fused-ring (bicyclic) bond motifs is 1. The van der Waals surface area contributed by atoms with E-state index in [4.69, 9.17) is 0 Å². The normalized spacial score (nSPS) is 15.6. The summed E-state index contributed by atoms with van der Waals surface area (Å²) in [4.78, 5) is 23.9. The van der Waals surface area contributed by atoms with E-state index in [2.05, 4.69) is 20.8 Å². The quantitative estimate of drug-likeness (QED) is 0.526. The van der Waals surface area contributed by atoms with E-state index in [9.17, 15) is 14.9 Å². The van der Waals surface area contributed by atoms with E-state index < -0.39 is 11.1 Å². The zero-order chi connectivity index (χ0) is 19.0. The Morgan fingerprint density at radius 3 is 2.78 bits per heavy atom. The number of nitro benzene ring substituents is 1. The molecular weight excluding hydrogens is 368 g/mol. The highest BCUT2D eigenvalue weighted by Crippen LogP contribution is 2.36. The number of amides is 1. The van der Waals surface area contributed by atoms with Crippen LogP contribution in [0.2, 0.25) is 0 Å². The first-order chi connectivity index (χ1) is 13.0. The van der Waals surface area contributed by atoms with Crippen molar-refractivity contribution in [2.75, 3.05) is 5.32 Å². The highest BCUT2D eigenvalue weighted by atomic mass is 32.2. The Kier molecular flexibility index (Phi) is 4.24. The maximum absolute atomic E-state index is 12.3. The van der Waals surface area contributed by atoms with Crippen LogP contribution in [0.25, 0.3) is 0 Å². The lowest BCUT2D eigenvalue weighted by atomic mass is 10.1. The number of benzene rings is 2. The van der Waals surface area contributed by atoms with E-state index >= 15 is 0 Å². The molecule has 2 aromatic carbocycles. The van der Waals surface area contributed by atoms with E-state index in [1.54, 1.807) is 41.9 Å². The van der Waals surface area contributed by atoms with Crippen molar-refractivity contribution in [1.29, 1.82) is 0 Å². The number of carbonyl (C=O) groups is 1. The number of nitrogens with zero attached hydrogens (tertiary/aromatic N) is 4. The summed E-state index contributed by atoms with van der Waals surface area (Å²) in [7, 11) is 1.77. The molecule has 3 aromatic rings. The Balaban J connectivity index is 1.67. The average molecular weight is 382 g/mol. The third kappa shape index (κ3) is 3.22. The van der Waals surface area contributed by atoms with Crippen molar-refractivity contribution < 1.29 is 9.72 Å². The molecular formula is C17H14N6O3S. The predicted octanol–water partition coefficient (Wildman–Crippen LogP) is 2.73. The van der Waals surface area contributed by atoms with E-state index in [1.807, 2.05) is 6.07 Å². The monoisotopic (exact) mass is 382 g/mol. The first-order valence-electron chi connectivity index (χ1n) is 7.99. The summed E-state index contributed by atoms with van der Waals surface area (Å²) in [5, 5.41) is 25.9. The third-order valence-corrected chi connectivity index (χ3v) is 5.25. The molecule has 0 fully saturated rings. The summed E-state index contributed by atoms with van der Waals surface area (Å²) >= 11 is 1.16. The zero-order valence-corrected chi connectivity index (χ0v) is 14.9. The number of anilines is 1. The van der Waals surface area contributed by atoms with Gasteiger partial charge in [0.05, 0.1) is 15.4 Å². The van der Waals surface area contributed by atoms with Gasteiger partial charge < -0.3 is 15.2 Å². The molecule has 2 heterocycles. The number of nitro groups is 1.